The fourth-order valence-electron chi connectivity index (χ4n) is 2.54. The fraction of sp³-hybridized carbons (Fsp3) is 0.429. The Hall–Kier alpha value is -2.04. The third-order valence-electron chi connectivity index (χ3n) is 3.50. The molecule has 0 saturated heterocycles. The van der Waals surface area contributed by atoms with E-state index in [0.717, 1.165) is 12.6 Å². The number of aliphatic hydroxyl groups is 1. The van der Waals surface area contributed by atoms with Crippen molar-refractivity contribution in [2.75, 3.05) is 0 Å². The minimum Gasteiger partial charge on any atom is -0.506 e. The molecule has 102 valence electrons. The number of aromatic nitrogens is 1. The van der Waals surface area contributed by atoms with Gasteiger partial charge >= 0.3 is 5.97 Å². The van der Waals surface area contributed by atoms with Gasteiger partial charge in [-0.2, -0.15) is 0 Å². The fourth-order valence-corrected chi connectivity index (χ4v) is 2.54. The lowest BCUT2D eigenvalue weighted by atomic mass is 10.1. The molecule has 2 rings (SSSR count). The number of rotatable bonds is 5. The van der Waals surface area contributed by atoms with Crippen LogP contribution in [-0.2, 0) is 16.1 Å². The Labute approximate surface area is 111 Å². The summed E-state index contributed by atoms with van der Waals surface area (Å²) >= 11 is 0. The number of carboxylic acids is 1. The van der Waals surface area contributed by atoms with Crippen LogP contribution >= 0.6 is 0 Å². The molecule has 0 bridgehead atoms. The third-order valence-corrected chi connectivity index (χ3v) is 3.50. The van der Waals surface area contributed by atoms with Crippen molar-refractivity contribution < 1.29 is 19.8 Å². The van der Waals surface area contributed by atoms with E-state index in [9.17, 15) is 14.7 Å². The first kappa shape index (κ1) is 13.4. The number of aliphatic hydroxyl groups excluding tert-OH is 1. The zero-order valence-electron chi connectivity index (χ0n) is 10.6. The van der Waals surface area contributed by atoms with Gasteiger partial charge in [0, 0.05) is 18.8 Å². The number of hydrogen-bond acceptors (Lipinski definition) is 3. The van der Waals surface area contributed by atoms with E-state index in [1.54, 1.807) is 12.1 Å². The second kappa shape index (κ2) is 5.73. The molecule has 1 fully saturated rings. The smallest absolute Gasteiger partial charge is 0.376 e. The highest BCUT2D eigenvalue weighted by Crippen LogP contribution is 2.27. The quantitative estimate of drug-likeness (QED) is 0.485. The highest BCUT2D eigenvalue weighted by molar-refractivity contribution is 6.38. The van der Waals surface area contributed by atoms with E-state index in [-0.39, 0.29) is 5.76 Å². The highest BCUT2D eigenvalue weighted by atomic mass is 16.4. The third kappa shape index (κ3) is 3.24. The maximum atomic E-state index is 11.1. The van der Waals surface area contributed by atoms with E-state index < -0.39 is 11.8 Å². The van der Waals surface area contributed by atoms with Crippen molar-refractivity contribution in [1.82, 2.24) is 4.57 Å². The maximum absolute atomic E-state index is 11.1. The summed E-state index contributed by atoms with van der Waals surface area (Å²) in [5, 5.41) is 18.4. The van der Waals surface area contributed by atoms with Crippen molar-refractivity contribution in [2.24, 2.45) is 5.92 Å². The van der Waals surface area contributed by atoms with Gasteiger partial charge in [-0.1, -0.05) is 12.8 Å². The van der Waals surface area contributed by atoms with Crippen LogP contribution in [0.3, 0.4) is 0 Å². The second-order valence-electron chi connectivity index (χ2n) is 4.90. The zero-order chi connectivity index (χ0) is 13.8. The molecule has 0 aromatic carbocycles. The van der Waals surface area contributed by atoms with Crippen LogP contribution in [0.4, 0.5) is 0 Å². The summed E-state index contributed by atoms with van der Waals surface area (Å²) in [6, 6.07) is 3.45. The normalized spacial score (nSPS) is 16.7. The van der Waals surface area contributed by atoms with Crippen molar-refractivity contribution in [3.8, 4) is 0 Å². The molecule has 1 heterocycles. The van der Waals surface area contributed by atoms with Crippen molar-refractivity contribution in [2.45, 2.75) is 32.2 Å². The maximum Gasteiger partial charge on any atom is 0.376 e. The molecule has 5 nitrogen and oxygen atoms in total. The Morgan fingerprint density at radius 3 is 2.63 bits per heavy atom. The van der Waals surface area contributed by atoms with Gasteiger partial charge < -0.3 is 14.8 Å². The molecular weight excluding hydrogens is 246 g/mol. The monoisotopic (exact) mass is 263 g/mol. The average Bonchev–Trinajstić information content (AvgIpc) is 3.00. The van der Waals surface area contributed by atoms with Gasteiger partial charge in [0.25, 0.3) is 5.78 Å². The number of carbonyl (C=O) groups is 2. The van der Waals surface area contributed by atoms with Gasteiger partial charge in [0.15, 0.2) is 0 Å². The Balaban J connectivity index is 2.14. The predicted octanol–water partition coefficient (Wildman–Crippen LogP) is 2.23. The molecule has 19 heavy (non-hydrogen) atoms. The molecular formula is C14H17NO4. The topological polar surface area (TPSA) is 79.5 Å². The molecule has 0 radical (unpaired) electrons. The predicted molar refractivity (Wildman–Crippen MR) is 69.6 cm³/mol. The Morgan fingerprint density at radius 1 is 1.32 bits per heavy atom. The van der Waals surface area contributed by atoms with Crippen LogP contribution in [0.15, 0.2) is 24.4 Å². The van der Waals surface area contributed by atoms with E-state index in [2.05, 4.69) is 0 Å². The summed E-state index contributed by atoms with van der Waals surface area (Å²) < 4.78 is 1.87. The largest absolute Gasteiger partial charge is 0.506 e. The van der Waals surface area contributed by atoms with Crippen LogP contribution in [0.1, 0.15) is 31.4 Å². The van der Waals surface area contributed by atoms with Gasteiger partial charge in [-0.05, 0) is 30.9 Å². The van der Waals surface area contributed by atoms with E-state index in [4.69, 9.17) is 5.11 Å². The van der Waals surface area contributed by atoms with Crippen LogP contribution in [-0.4, -0.2) is 26.5 Å². The van der Waals surface area contributed by atoms with Gasteiger partial charge in [-0.15, -0.1) is 0 Å². The summed E-state index contributed by atoms with van der Waals surface area (Å²) in [5.74, 6) is -2.39. The van der Waals surface area contributed by atoms with E-state index in [1.165, 1.54) is 25.7 Å². The molecule has 2 N–H and O–H groups in total. The number of carboxylic acid groups (broad SMARTS) is 1. The standard InChI is InChI=1S/C14H17NO4/c16-12(8-13(17)14(18)19)11-6-3-7-15(11)9-10-4-1-2-5-10/h3,6-8,10,16H,1-2,4-5,9H2,(H,18,19)/b12-8-. The van der Waals surface area contributed by atoms with Gasteiger partial charge in [-0.25, -0.2) is 4.79 Å². The molecule has 5 heteroatoms. The summed E-state index contributed by atoms with van der Waals surface area (Å²) in [7, 11) is 0. The molecule has 1 aromatic rings. The second-order valence-corrected chi connectivity index (χ2v) is 4.90. The van der Waals surface area contributed by atoms with Crippen molar-refractivity contribution in [3.63, 3.8) is 0 Å². The van der Waals surface area contributed by atoms with E-state index in [0.29, 0.717) is 11.6 Å². The number of ketones is 1. The van der Waals surface area contributed by atoms with E-state index in [1.807, 2.05) is 10.8 Å². The van der Waals surface area contributed by atoms with Crippen LogP contribution in [0.2, 0.25) is 0 Å². The molecule has 1 aliphatic rings. The first-order valence-corrected chi connectivity index (χ1v) is 6.41. The lowest BCUT2D eigenvalue weighted by Gasteiger charge is -2.13. The minimum atomic E-state index is -1.57. The average molecular weight is 263 g/mol. The Bertz CT molecular complexity index is 509. The van der Waals surface area contributed by atoms with E-state index >= 15 is 0 Å². The first-order valence-electron chi connectivity index (χ1n) is 6.41. The molecule has 1 saturated carbocycles. The Morgan fingerprint density at radius 2 is 2.00 bits per heavy atom. The summed E-state index contributed by atoms with van der Waals surface area (Å²) in [6.45, 7) is 0.793. The number of hydrogen-bond donors (Lipinski definition) is 2. The minimum absolute atomic E-state index is 0.296. The molecule has 0 amide bonds. The zero-order valence-corrected chi connectivity index (χ0v) is 10.6. The van der Waals surface area contributed by atoms with Crippen molar-refractivity contribution in [3.05, 3.63) is 30.1 Å². The molecule has 0 atom stereocenters. The van der Waals surface area contributed by atoms with Crippen molar-refractivity contribution in [1.29, 1.82) is 0 Å². The first-order chi connectivity index (χ1) is 9.08. The van der Waals surface area contributed by atoms with Gasteiger partial charge in [0.2, 0.25) is 0 Å². The van der Waals surface area contributed by atoms with Gasteiger partial charge in [-0.3, -0.25) is 4.79 Å². The van der Waals surface area contributed by atoms with Crippen molar-refractivity contribution >= 4 is 17.5 Å². The van der Waals surface area contributed by atoms with Crippen LogP contribution < -0.4 is 0 Å². The lowest BCUT2D eigenvalue weighted by molar-refractivity contribution is -0.146. The van der Waals surface area contributed by atoms with Crippen LogP contribution in [0.25, 0.3) is 5.76 Å². The van der Waals surface area contributed by atoms with Crippen LogP contribution in [0, 0.1) is 5.92 Å². The van der Waals surface area contributed by atoms with Gasteiger partial charge in [0.1, 0.15) is 5.76 Å². The molecule has 1 aromatic heterocycles. The molecule has 0 spiro atoms. The summed E-state index contributed by atoms with van der Waals surface area (Å²) in [4.78, 5) is 21.5. The summed E-state index contributed by atoms with van der Waals surface area (Å²) in [6.07, 6.45) is 7.42. The molecule has 0 aliphatic heterocycles. The number of nitrogens with zero attached hydrogens (tertiary/aromatic N) is 1. The number of aliphatic carboxylic acids is 1. The molecule has 0 unspecified atom stereocenters. The lowest BCUT2D eigenvalue weighted by Crippen LogP contribution is -2.12. The van der Waals surface area contributed by atoms with Gasteiger partial charge in [0.05, 0.1) is 5.69 Å². The SMILES string of the molecule is O=C(O)C(=O)/C=C(\O)c1cccn1CC1CCCC1. The molecule has 1 aliphatic carbocycles. The Kier molecular flexibility index (Phi) is 4.04. The van der Waals surface area contributed by atoms with Crippen LogP contribution in [0.5, 0.6) is 0 Å². The highest BCUT2D eigenvalue weighted by Gasteiger charge is 2.18. The number of carbonyl (C=O) groups excluding carboxylic acids is 1. The summed E-state index contributed by atoms with van der Waals surface area (Å²) in [5.41, 5.74) is 0.488.